The summed E-state index contributed by atoms with van der Waals surface area (Å²) in [7, 11) is 0. The molecule has 0 heterocycles. The van der Waals surface area contributed by atoms with Crippen molar-refractivity contribution in [3.8, 4) is 11.5 Å². The number of benzene rings is 2. The molecule has 0 unspecified atom stereocenters. The van der Waals surface area contributed by atoms with Gasteiger partial charge in [0.15, 0.2) is 5.11 Å². The molecule has 0 amide bonds. The van der Waals surface area contributed by atoms with Crippen molar-refractivity contribution in [2.45, 2.75) is 33.4 Å². The summed E-state index contributed by atoms with van der Waals surface area (Å²) in [6, 6.07) is 15.7. The Morgan fingerprint density at radius 3 is 2.50 bits per heavy atom. The second-order valence-electron chi connectivity index (χ2n) is 5.58. The summed E-state index contributed by atoms with van der Waals surface area (Å²) in [4.78, 5) is 0. The van der Waals surface area contributed by atoms with Crippen LogP contribution in [0.3, 0.4) is 0 Å². The highest BCUT2D eigenvalue weighted by Gasteiger charge is 2.02. The van der Waals surface area contributed by atoms with E-state index in [1.165, 1.54) is 0 Å². The maximum Gasteiger partial charge on any atom is 0.171 e. The summed E-state index contributed by atoms with van der Waals surface area (Å²) in [5, 5.41) is 6.94. The average Bonchev–Trinajstić information content (AvgIpc) is 2.55. The van der Waals surface area contributed by atoms with Crippen molar-refractivity contribution in [1.82, 2.24) is 5.32 Å². The zero-order chi connectivity index (χ0) is 17.4. The summed E-state index contributed by atoms with van der Waals surface area (Å²) < 4.78 is 11.1. The molecule has 0 aliphatic rings. The normalized spacial score (nSPS) is 10.3. The van der Waals surface area contributed by atoms with Gasteiger partial charge in [-0.25, -0.2) is 0 Å². The first kappa shape index (κ1) is 18.1. The predicted molar refractivity (Wildman–Crippen MR) is 103 cm³/mol. The minimum atomic E-state index is 0.163. The van der Waals surface area contributed by atoms with E-state index in [-0.39, 0.29) is 6.10 Å². The second-order valence-corrected chi connectivity index (χ2v) is 5.99. The molecule has 2 aromatic rings. The van der Waals surface area contributed by atoms with Gasteiger partial charge in [0.1, 0.15) is 11.5 Å². The fourth-order valence-electron chi connectivity index (χ4n) is 2.16. The van der Waals surface area contributed by atoms with Crippen LogP contribution in [0.4, 0.5) is 5.69 Å². The first-order valence-electron chi connectivity index (χ1n) is 8.10. The second kappa shape index (κ2) is 9.13. The fraction of sp³-hybridized carbons (Fsp3) is 0.316. The average molecular weight is 344 g/mol. The van der Waals surface area contributed by atoms with Crippen molar-refractivity contribution in [2.24, 2.45) is 0 Å². The Bertz CT molecular complexity index is 657. The van der Waals surface area contributed by atoms with Gasteiger partial charge in [0, 0.05) is 12.2 Å². The molecule has 2 aromatic carbocycles. The maximum absolute atomic E-state index is 5.70. The number of hydrogen-bond donors (Lipinski definition) is 2. The molecule has 0 atom stereocenters. The molecule has 5 heteroatoms. The smallest absolute Gasteiger partial charge is 0.171 e. The van der Waals surface area contributed by atoms with Gasteiger partial charge in [0.25, 0.3) is 0 Å². The quantitative estimate of drug-likeness (QED) is 0.731. The maximum atomic E-state index is 5.70. The van der Waals surface area contributed by atoms with Crippen molar-refractivity contribution in [3.63, 3.8) is 0 Å². The minimum Gasteiger partial charge on any atom is -0.494 e. The van der Waals surface area contributed by atoms with E-state index in [1.807, 2.05) is 69.3 Å². The largest absolute Gasteiger partial charge is 0.494 e. The summed E-state index contributed by atoms with van der Waals surface area (Å²) in [5.41, 5.74) is 2.04. The van der Waals surface area contributed by atoms with Gasteiger partial charge >= 0.3 is 0 Å². The van der Waals surface area contributed by atoms with E-state index < -0.39 is 0 Å². The highest BCUT2D eigenvalue weighted by Crippen LogP contribution is 2.16. The van der Waals surface area contributed by atoms with Crippen LogP contribution in [-0.4, -0.2) is 17.8 Å². The lowest BCUT2D eigenvalue weighted by Gasteiger charge is -2.13. The zero-order valence-corrected chi connectivity index (χ0v) is 15.2. The molecule has 2 rings (SSSR count). The van der Waals surface area contributed by atoms with Crippen molar-refractivity contribution in [3.05, 3.63) is 54.1 Å². The molecule has 128 valence electrons. The summed E-state index contributed by atoms with van der Waals surface area (Å²) >= 11 is 5.34. The van der Waals surface area contributed by atoms with Crippen LogP contribution in [0.5, 0.6) is 11.5 Å². The van der Waals surface area contributed by atoms with Gasteiger partial charge in [-0.1, -0.05) is 12.1 Å². The third-order valence-corrected chi connectivity index (χ3v) is 3.39. The zero-order valence-electron chi connectivity index (χ0n) is 14.3. The molecule has 0 aliphatic heterocycles. The van der Waals surface area contributed by atoms with Crippen molar-refractivity contribution < 1.29 is 9.47 Å². The Kier molecular flexibility index (Phi) is 6.88. The number of anilines is 1. The molecule has 0 bridgehead atoms. The van der Waals surface area contributed by atoms with E-state index in [1.54, 1.807) is 0 Å². The van der Waals surface area contributed by atoms with E-state index in [4.69, 9.17) is 21.7 Å². The van der Waals surface area contributed by atoms with E-state index in [9.17, 15) is 0 Å². The van der Waals surface area contributed by atoms with Crippen LogP contribution in [0.15, 0.2) is 48.5 Å². The van der Waals surface area contributed by atoms with Gasteiger partial charge in [0.2, 0.25) is 0 Å². The Morgan fingerprint density at radius 2 is 1.83 bits per heavy atom. The molecular formula is C19H24N2O2S. The van der Waals surface area contributed by atoms with Crippen LogP contribution >= 0.6 is 12.2 Å². The van der Waals surface area contributed by atoms with Crippen LogP contribution in [0.25, 0.3) is 0 Å². The molecule has 0 aromatic heterocycles. The molecule has 0 saturated heterocycles. The van der Waals surface area contributed by atoms with E-state index >= 15 is 0 Å². The lowest BCUT2D eigenvalue weighted by atomic mass is 10.2. The van der Waals surface area contributed by atoms with Crippen molar-refractivity contribution >= 4 is 23.0 Å². The molecule has 2 N–H and O–H groups in total. The number of ether oxygens (including phenoxy) is 2. The third kappa shape index (κ3) is 6.08. The Labute approximate surface area is 149 Å². The molecule has 24 heavy (non-hydrogen) atoms. The van der Waals surface area contributed by atoms with Gasteiger partial charge in [-0.2, -0.15) is 0 Å². The van der Waals surface area contributed by atoms with Gasteiger partial charge in [-0.05, 0) is 75.0 Å². The van der Waals surface area contributed by atoms with Crippen molar-refractivity contribution in [1.29, 1.82) is 0 Å². The SMILES string of the molecule is CCOc1ccc(NC(=S)NCc2cccc(OC(C)C)c2)cc1. The van der Waals surface area contributed by atoms with Crippen LogP contribution in [-0.2, 0) is 6.54 Å². The monoisotopic (exact) mass is 344 g/mol. The van der Waals surface area contributed by atoms with E-state index in [0.717, 1.165) is 22.7 Å². The molecule has 0 radical (unpaired) electrons. The molecule has 0 saturated carbocycles. The molecular weight excluding hydrogens is 320 g/mol. The Hall–Kier alpha value is -2.27. The standard InChI is InChI=1S/C19H24N2O2S/c1-4-22-17-10-8-16(9-11-17)21-19(24)20-13-15-6-5-7-18(12-15)23-14(2)3/h5-12,14H,4,13H2,1-3H3,(H2,20,21,24). The van der Waals surface area contributed by atoms with E-state index in [0.29, 0.717) is 18.3 Å². The molecule has 0 fully saturated rings. The number of thiocarbonyl (C=S) groups is 1. The van der Waals surface area contributed by atoms with Crippen LogP contribution in [0.1, 0.15) is 26.3 Å². The van der Waals surface area contributed by atoms with Gasteiger partial charge in [-0.15, -0.1) is 0 Å². The highest BCUT2D eigenvalue weighted by molar-refractivity contribution is 7.80. The molecule has 4 nitrogen and oxygen atoms in total. The minimum absolute atomic E-state index is 0.163. The van der Waals surface area contributed by atoms with Gasteiger partial charge in [-0.3, -0.25) is 0 Å². The summed E-state index contributed by atoms with van der Waals surface area (Å²) in [6.07, 6.45) is 0.163. The number of hydrogen-bond acceptors (Lipinski definition) is 3. The first-order chi connectivity index (χ1) is 11.6. The lowest BCUT2D eigenvalue weighted by molar-refractivity contribution is 0.242. The number of rotatable bonds is 7. The van der Waals surface area contributed by atoms with Gasteiger partial charge < -0.3 is 20.1 Å². The first-order valence-corrected chi connectivity index (χ1v) is 8.51. The number of nitrogens with one attached hydrogen (secondary N) is 2. The Balaban J connectivity index is 1.84. The summed E-state index contributed by atoms with van der Waals surface area (Å²) in [5.74, 6) is 1.72. The van der Waals surface area contributed by atoms with Crippen LogP contribution in [0.2, 0.25) is 0 Å². The Morgan fingerprint density at radius 1 is 1.08 bits per heavy atom. The third-order valence-electron chi connectivity index (χ3n) is 3.15. The topological polar surface area (TPSA) is 42.5 Å². The molecule has 0 aliphatic carbocycles. The molecule has 0 spiro atoms. The van der Waals surface area contributed by atoms with Crippen LogP contribution < -0.4 is 20.1 Å². The van der Waals surface area contributed by atoms with Crippen LogP contribution in [0, 0.1) is 0 Å². The fourth-order valence-corrected chi connectivity index (χ4v) is 2.35. The predicted octanol–water partition coefficient (Wildman–Crippen LogP) is 4.36. The lowest BCUT2D eigenvalue weighted by Crippen LogP contribution is -2.27. The van der Waals surface area contributed by atoms with Gasteiger partial charge in [0.05, 0.1) is 12.7 Å². The van der Waals surface area contributed by atoms with Crippen molar-refractivity contribution in [2.75, 3.05) is 11.9 Å². The highest BCUT2D eigenvalue weighted by atomic mass is 32.1. The van der Waals surface area contributed by atoms with E-state index in [2.05, 4.69) is 10.6 Å². The summed E-state index contributed by atoms with van der Waals surface area (Å²) in [6.45, 7) is 7.29.